The van der Waals surface area contributed by atoms with Gasteiger partial charge in [0.05, 0.1) is 5.56 Å². The second-order valence-electron chi connectivity index (χ2n) is 2.57. The van der Waals surface area contributed by atoms with E-state index in [-0.39, 0.29) is 17.0 Å². The minimum atomic E-state index is -1.26. The number of cyclic esters (lactones) is 2. The van der Waals surface area contributed by atoms with Crippen LogP contribution < -0.4 is 0 Å². The summed E-state index contributed by atoms with van der Waals surface area (Å²) in [4.78, 5) is 35.9. The van der Waals surface area contributed by atoms with Crippen molar-refractivity contribution in [3.63, 3.8) is 0 Å². The number of fused-ring (bicyclic) bond motifs is 1. The van der Waals surface area contributed by atoms with Crippen molar-refractivity contribution in [1.82, 2.24) is 4.98 Å². The highest BCUT2D eigenvalue weighted by Gasteiger charge is 2.31. The Morgan fingerprint density at radius 3 is 2.64 bits per heavy atom. The van der Waals surface area contributed by atoms with Crippen molar-refractivity contribution in [1.29, 1.82) is 0 Å². The number of rotatable bonds is 1. The zero-order valence-corrected chi connectivity index (χ0v) is 6.68. The normalized spacial score (nSPS) is 13.7. The Kier molecular flexibility index (Phi) is 1.57. The number of carbonyl (C=O) groups excluding carboxylic acids is 2. The van der Waals surface area contributed by atoms with Gasteiger partial charge in [-0.05, 0) is 12.1 Å². The molecule has 0 atom stereocenters. The summed E-state index contributed by atoms with van der Waals surface area (Å²) < 4.78 is 4.23. The van der Waals surface area contributed by atoms with E-state index in [0.29, 0.717) is 0 Å². The largest absolute Gasteiger partial charge is 0.477 e. The van der Waals surface area contributed by atoms with Gasteiger partial charge >= 0.3 is 17.9 Å². The van der Waals surface area contributed by atoms with Crippen LogP contribution in [-0.2, 0) is 4.74 Å². The lowest BCUT2D eigenvalue weighted by atomic mass is 10.2. The highest BCUT2D eigenvalue weighted by molar-refractivity contribution is 6.13. The van der Waals surface area contributed by atoms with Crippen molar-refractivity contribution in [2.24, 2.45) is 0 Å². The van der Waals surface area contributed by atoms with Crippen LogP contribution in [0.4, 0.5) is 0 Å². The van der Waals surface area contributed by atoms with Gasteiger partial charge in [-0.15, -0.1) is 0 Å². The summed E-state index contributed by atoms with van der Waals surface area (Å²) in [7, 11) is 0. The van der Waals surface area contributed by atoms with Crippen LogP contribution in [0.1, 0.15) is 31.3 Å². The molecule has 0 amide bonds. The number of hydrogen-bond donors (Lipinski definition) is 1. The number of aromatic nitrogens is 1. The molecule has 0 aliphatic carbocycles. The van der Waals surface area contributed by atoms with E-state index in [4.69, 9.17) is 5.11 Å². The molecule has 1 aliphatic heterocycles. The zero-order chi connectivity index (χ0) is 10.3. The van der Waals surface area contributed by atoms with Gasteiger partial charge in [0.1, 0.15) is 5.69 Å². The van der Waals surface area contributed by atoms with Crippen LogP contribution in [-0.4, -0.2) is 28.0 Å². The molecule has 1 aromatic heterocycles. The van der Waals surface area contributed by atoms with E-state index in [1.807, 2.05) is 0 Å². The Hall–Kier alpha value is -2.24. The Morgan fingerprint density at radius 2 is 2.00 bits per heavy atom. The fraction of sp³-hybridized carbons (Fsp3) is 0. The van der Waals surface area contributed by atoms with Crippen molar-refractivity contribution in [3.05, 3.63) is 29.1 Å². The molecule has 1 aliphatic rings. The molecule has 0 radical (unpaired) electrons. The number of hydrogen-bond acceptors (Lipinski definition) is 5. The highest BCUT2D eigenvalue weighted by atomic mass is 16.6. The lowest BCUT2D eigenvalue weighted by Gasteiger charge is -1.93. The van der Waals surface area contributed by atoms with Crippen LogP contribution >= 0.6 is 0 Å². The van der Waals surface area contributed by atoms with Gasteiger partial charge in [-0.3, -0.25) is 0 Å². The molecule has 6 nitrogen and oxygen atoms in total. The van der Waals surface area contributed by atoms with Gasteiger partial charge in [0.25, 0.3) is 0 Å². The Balaban J connectivity index is 2.61. The predicted molar refractivity (Wildman–Crippen MR) is 40.9 cm³/mol. The molecule has 2 heterocycles. The summed E-state index contributed by atoms with van der Waals surface area (Å²) in [5, 5.41) is 8.57. The molecule has 0 unspecified atom stereocenters. The first-order chi connectivity index (χ1) is 6.59. The SMILES string of the molecule is O=C(O)c1ccc2c(n1)C(=O)OC2=O. The maximum absolute atomic E-state index is 11.0. The minimum absolute atomic E-state index is 0.000000000000000222. The number of ether oxygens (including phenoxy) is 1. The van der Waals surface area contributed by atoms with Gasteiger partial charge in [0, 0.05) is 0 Å². The molecule has 0 saturated heterocycles. The van der Waals surface area contributed by atoms with E-state index < -0.39 is 17.9 Å². The maximum atomic E-state index is 11.0. The Bertz CT molecular complexity index is 465. The van der Waals surface area contributed by atoms with E-state index in [2.05, 4.69) is 9.72 Å². The van der Waals surface area contributed by atoms with Crippen molar-refractivity contribution in [2.75, 3.05) is 0 Å². The summed E-state index contributed by atoms with van der Waals surface area (Å²) in [5.74, 6) is -2.97. The first-order valence-electron chi connectivity index (χ1n) is 3.60. The van der Waals surface area contributed by atoms with Crippen LogP contribution in [0.5, 0.6) is 0 Å². The first kappa shape index (κ1) is 8.36. The lowest BCUT2D eigenvalue weighted by Crippen LogP contribution is -2.05. The smallest absolute Gasteiger partial charge is 0.365 e. The number of aromatic carboxylic acids is 1. The molecular formula is C8H3NO5. The summed E-state index contributed by atoms with van der Waals surface area (Å²) >= 11 is 0. The van der Waals surface area contributed by atoms with Crippen molar-refractivity contribution >= 4 is 17.9 Å². The molecule has 2 rings (SSSR count). The van der Waals surface area contributed by atoms with Gasteiger partial charge in [-0.25, -0.2) is 19.4 Å². The van der Waals surface area contributed by atoms with Crippen molar-refractivity contribution in [2.45, 2.75) is 0 Å². The lowest BCUT2D eigenvalue weighted by molar-refractivity contribution is 0.0441. The fourth-order valence-corrected chi connectivity index (χ4v) is 1.09. The van der Waals surface area contributed by atoms with E-state index in [9.17, 15) is 14.4 Å². The third-order valence-corrected chi connectivity index (χ3v) is 1.71. The summed E-state index contributed by atoms with van der Waals surface area (Å²) in [6.07, 6.45) is 0. The van der Waals surface area contributed by atoms with Crippen LogP contribution in [0.2, 0.25) is 0 Å². The van der Waals surface area contributed by atoms with E-state index >= 15 is 0 Å². The van der Waals surface area contributed by atoms with Crippen LogP contribution in [0.3, 0.4) is 0 Å². The maximum Gasteiger partial charge on any atom is 0.365 e. The Labute approximate surface area is 77.1 Å². The second-order valence-corrected chi connectivity index (χ2v) is 2.57. The standard InChI is InChI=1S/C8H3NO5/c10-6(11)4-2-1-3-5(9-4)8(13)14-7(3)12/h1-2H,(H,10,11). The molecule has 1 N–H and O–H groups in total. The molecular weight excluding hydrogens is 190 g/mol. The van der Waals surface area contributed by atoms with Gasteiger partial charge in [-0.2, -0.15) is 0 Å². The first-order valence-corrected chi connectivity index (χ1v) is 3.60. The molecule has 6 heteroatoms. The van der Waals surface area contributed by atoms with Gasteiger partial charge in [-0.1, -0.05) is 0 Å². The average Bonchev–Trinajstić information content (AvgIpc) is 2.42. The van der Waals surface area contributed by atoms with Crippen molar-refractivity contribution in [3.8, 4) is 0 Å². The quantitative estimate of drug-likeness (QED) is 0.501. The third kappa shape index (κ3) is 1.05. The zero-order valence-electron chi connectivity index (χ0n) is 6.68. The highest BCUT2D eigenvalue weighted by Crippen LogP contribution is 2.17. The number of nitrogens with zero attached hydrogens (tertiary/aromatic N) is 1. The molecule has 0 fully saturated rings. The molecule has 70 valence electrons. The summed E-state index contributed by atoms with van der Waals surface area (Å²) in [6.45, 7) is 0. The number of carboxylic acid groups (broad SMARTS) is 1. The van der Waals surface area contributed by atoms with Gasteiger partial charge in [0.2, 0.25) is 0 Å². The summed E-state index contributed by atoms with van der Waals surface area (Å²) in [5.41, 5.74) is -0.537. The molecule has 0 bridgehead atoms. The minimum Gasteiger partial charge on any atom is -0.477 e. The second kappa shape index (κ2) is 2.63. The molecule has 1 aromatic rings. The molecule has 0 saturated carbocycles. The Morgan fingerprint density at radius 1 is 1.29 bits per heavy atom. The average molecular weight is 193 g/mol. The van der Waals surface area contributed by atoms with Gasteiger partial charge < -0.3 is 9.84 Å². The summed E-state index contributed by atoms with van der Waals surface area (Å²) in [6, 6.07) is 2.35. The molecule has 14 heavy (non-hydrogen) atoms. The predicted octanol–water partition coefficient (Wildman–Crippen LogP) is 0.0904. The van der Waals surface area contributed by atoms with E-state index in [1.165, 1.54) is 6.07 Å². The van der Waals surface area contributed by atoms with Crippen LogP contribution in [0.15, 0.2) is 12.1 Å². The van der Waals surface area contributed by atoms with Crippen molar-refractivity contribution < 1.29 is 24.2 Å². The third-order valence-electron chi connectivity index (χ3n) is 1.71. The number of pyridine rings is 1. The van der Waals surface area contributed by atoms with Crippen LogP contribution in [0, 0.1) is 0 Å². The van der Waals surface area contributed by atoms with Gasteiger partial charge in [0.15, 0.2) is 5.69 Å². The van der Waals surface area contributed by atoms with E-state index in [1.54, 1.807) is 0 Å². The number of carbonyl (C=O) groups is 3. The number of carboxylic acids is 1. The fourth-order valence-electron chi connectivity index (χ4n) is 1.09. The molecule has 0 spiro atoms. The van der Waals surface area contributed by atoms with Crippen LogP contribution in [0.25, 0.3) is 0 Å². The topological polar surface area (TPSA) is 93.6 Å². The molecule has 0 aromatic carbocycles. The monoisotopic (exact) mass is 193 g/mol. The van der Waals surface area contributed by atoms with E-state index in [0.717, 1.165) is 6.07 Å². The number of esters is 2.